The highest BCUT2D eigenvalue weighted by molar-refractivity contribution is 6.12. The van der Waals surface area contributed by atoms with Gasteiger partial charge < -0.3 is 9.13 Å². The zero-order chi connectivity index (χ0) is 35.6. The SMILES string of the molecule is C.c1ccc(-c2nc(-c3ccc(-n4c5ccccc5c5cc(-c6ccc7c(c6)c6ccccc6n7-c6ccccc6)ccc54)cc3)nc3ccccc23)cc1. The van der Waals surface area contributed by atoms with Gasteiger partial charge in [0.05, 0.1) is 33.3 Å². The number of para-hydroxylation sites is 4. The van der Waals surface area contributed by atoms with Crippen molar-refractivity contribution in [2.45, 2.75) is 7.43 Å². The van der Waals surface area contributed by atoms with Crippen LogP contribution in [-0.2, 0) is 0 Å². The summed E-state index contributed by atoms with van der Waals surface area (Å²) >= 11 is 0. The zero-order valence-electron chi connectivity index (χ0n) is 29.3. The zero-order valence-corrected chi connectivity index (χ0v) is 29.3. The number of hydrogen-bond acceptors (Lipinski definition) is 2. The van der Waals surface area contributed by atoms with E-state index in [1.807, 2.05) is 18.2 Å². The molecule has 0 radical (unpaired) electrons. The van der Waals surface area contributed by atoms with Crippen molar-refractivity contribution in [1.82, 2.24) is 19.1 Å². The molecule has 0 fully saturated rings. The lowest BCUT2D eigenvalue weighted by Gasteiger charge is -2.11. The highest BCUT2D eigenvalue weighted by Crippen LogP contribution is 2.38. The fourth-order valence-electron chi connectivity index (χ4n) is 8.22. The van der Waals surface area contributed by atoms with Crippen LogP contribution in [0.25, 0.3) is 99.7 Å². The van der Waals surface area contributed by atoms with Crippen molar-refractivity contribution in [3.05, 3.63) is 194 Å². The summed E-state index contributed by atoms with van der Waals surface area (Å²) in [7, 11) is 0. The molecule has 0 atom stereocenters. The standard InChI is InChI=1S/C50H32N4.CH4/c1-3-13-33(14-4-1)49-41-19-7-10-20-44(41)51-50(52-49)34-23-27-38(28-24-34)54-46-22-12-9-18-40(46)43-32-36(26-30-48(43)54)35-25-29-47-42(31-35)39-17-8-11-21-45(39)53(47)37-15-5-2-6-16-37;/h1-32H;1H4. The summed E-state index contributed by atoms with van der Waals surface area (Å²) in [5.74, 6) is 0.717. The maximum absolute atomic E-state index is 5.11. The minimum Gasteiger partial charge on any atom is -0.309 e. The van der Waals surface area contributed by atoms with Gasteiger partial charge in [0.25, 0.3) is 0 Å². The van der Waals surface area contributed by atoms with Gasteiger partial charge in [-0.1, -0.05) is 123 Å². The molecular weight excluding hydrogens is 669 g/mol. The predicted octanol–water partition coefficient (Wildman–Crippen LogP) is 13.5. The van der Waals surface area contributed by atoms with Crippen molar-refractivity contribution in [2.75, 3.05) is 0 Å². The third-order valence-electron chi connectivity index (χ3n) is 10.7. The Bertz CT molecular complexity index is 3190. The highest BCUT2D eigenvalue weighted by atomic mass is 15.0. The highest BCUT2D eigenvalue weighted by Gasteiger charge is 2.17. The molecule has 0 saturated heterocycles. The summed E-state index contributed by atoms with van der Waals surface area (Å²) in [6.45, 7) is 0. The van der Waals surface area contributed by atoms with Crippen LogP contribution < -0.4 is 0 Å². The second-order valence-corrected chi connectivity index (χ2v) is 13.8. The summed E-state index contributed by atoms with van der Waals surface area (Å²) in [5.41, 5.74) is 13.4. The van der Waals surface area contributed by atoms with Crippen LogP contribution >= 0.6 is 0 Å². The van der Waals surface area contributed by atoms with Crippen LogP contribution in [0.15, 0.2) is 194 Å². The Hall–Kier alpha value is -7.30. The van der Waals surface area contributed by atoms with E-state index in [0.29, 0.717) is 0 Å². The molecule has 11 rings (SSSR count). The molecule has 0 aliphatic rings. The van der Waals surface area contributed by atoms with Gasteiger partial charge in [-0.15, -0.1) is 0 Å². The van der Waals surface area contributed by atoms with Crippen molar-refractivity contribution in [1.29, 1.82) is 0 Å². The molecule has 3 aromatic heterocycles. The Kier molecular flexibility index (Phi) is 7.63. The van der Waals surface area contributed by atoms with Gasteiger partial charge in [0.15, 0.2) is 5.82 Å². The summed E-state index contributed by atoms with van der Waals surface area (Å²) < 4.78 is 4.73. The lowest BCUT2D eigenvalue weighted by Crippen LogP contribution is -1.97. The molecule has 8 aromatic carbocycles. The van der Waals surface area contributed by atoms with E-state index in [1.54, 1.807) is 0 Å². The van der Waals surface area contributed by atoms with Crippen molar-refractivity contribution in [2.24, 2.45) is 0 Å². The van der Waals surface area contributed by atoms with Gasteiger partial charge in [-0.2, -0.15) is 0 Å². The van der Waals surface area contributed by atoms with Gasteiger partial charge in [0.1, 0.15) is 0 Å². The Labute approximate surface area is 319 Å². The van der Waals surface area contributed by atoms with Gasteiger partial charge in [-0.25, -0.2) is 9.97 Å². The van der Waals surface area contributed by atoms with E-state index in [1.165, 1.54) is 60.4 Å². The number of benzene rings is 8. The largest absolute Gasteiger partial charge is 0.309 e. The number of fused-ring (bicyclic) bond motifs is 7. The van der Waals surface area contributed by atoms with Crippen molar-refractivity contribution in [3.8, 4) is 45.1 Å². The van der Waals surface area contributed by atoms with Crippen LogP contribution in [0.2, 0.25) is 0 Å². The molecule has 0 N–H and O–H groups in total. The average molecular weight is 705 g/mol. The van der Waals surface area contributed by atoms with Crippen LogP contribution in [0.5, 0.6) is 0 Å². The first-order valence-corrected chi connectivity index (χ1v) is 18.3. The molecular formula is C51H36N4. The van der Waals surface area contributed by atoms with Crippen molar-refractivity contribution in [3.63, 3.8) is 0 Å². The minimum atomic E-state index is 0. The molecule has 4 nitrogen and oxygen atoms in total. The van der Waals surface area contributed by atoms with Crippen molar-refractivity contribution >= 4 is 54.5 Å². The quantitative estimate of drug-likeness (QED) is 0.179. The maximum atomic E-state index is 5.11. The monoisotopic (exact) mass is 704 g/mol. The van der Waals surface area contributed by atoms with E-state index < -0.39 is 0 Å². The average Bonchev–Trinajstić information content (AvgIpc) is 3.76. The Morgan fingerprint density at radius 1 is 0.309 bits per heavy atom. The number of nitrogens with zero attached hydrogens (tertiary/aromatic N) is 4. The summed E-state index contributed by atoms with van der Waals surface area (Å²) in [5, 5.41) is 6.01. The molecule has 3 heterocycles. The first-order chi connectivity index (χ1) is 26.8. The first kappa shape index (κ1) is 32.4. The third-order valence-corrected chi connectivity index (χ3v) is 10.7. The van der Waals surface area contributed by atoms with Crippen LogP contribution in [0.4, 0.5) is 0 Å². The lowest BCUT2D eigenvalue weighted by molar-refractivity contribution is 1.17. The number of hydrogen-bond donors (Lipinski definition) is 0. The smallest absolute Gasteiger partial charge is 0.160 e. The normalized spacial score (nSPS) is 11.5. The van der Waals surface area contributed by atoms with Crippen LogP contribution in [-0.4, -0.2) is 19.1 Å². The summed E-state index contributed by atoms with van der Waals surface area (Å²) in [6.07, 6.45) is 0. The van der Waals surface area contributed by atoms with E-state index in [9.17, 15) is 0 Å². The summed E-state index contributed by atoms with van der Waals surface area (Å²) in [6, 6.07) is 69.1. The maximum Gasteiger partial charge on any atom is 0.160 e. The first-order valence-electron chi connectivity index (χ1n) is 18.3. The molecule has 260 valence electrons. The molecule has 0 amide bonds. The minimum absolute atomic E-state index is 0. The van der Waals surface area contributed by atoms with Gasteiger partial charge >= 0.3 is 0 Å². The van der Waals surface area contributed by atoms with E-state index >= 15 is 0 Å². The van der Waals surface area contributed by atoms with Gasteiger partial charge in [-0.05, 0) is 90.0 Å². The van der Waals surface area contributed by atoms with Crippen LogP contribution in [0.3, 0.4) is 0 Å². The molecule has 55 heavy (non-hydrogen) atoms. The Morgan fingerprint density at radius 3 is 1.36 bits per heavy atom. The predicted molar refractivity (Wildman–Crippen MR) is 231 cm³/mol. The summed E-state index contributed by atoms with van der Waals surface area (Å²) in [4.78, 5) is 10.1. The van der Waals surface area contributed by atoms with E-state index in [2.05, 4.69) is 185 Å². The molecule has 0 bridgehead atoms. The second-order valence-electron chi connectivity index (χ2n) is 13.8. The number of aromatic nitrogens is 4. The number of rotatable bonds is 5. The molecule has 0 spiro atoms. The molecule has 4 heteroatoms. The Morgan fingerprint density at radius 2 is 0.764 bits per heavy atom. The van der Waals surface area contributed by atoms with Crippen LogP contribution in [0.1, 0.15) is 7.43 Å². The fraction of sp³-hybridized carbons (Fsp3) is 0.0196. The lowest BCUT2D eigenvalue weighted by atomic mass is 10.0. The Balaban J connectivity index is 0.00000372. The molecule has 0 unspecified atom stereocenters. The van der Waals surface area contributed by atoms with E-state index in [-0.39, 0.29) is 7.43 Å². The second kappa shape index (κ2) is 13.0. The molecule has 11 aromatic rings. The molecule has 0 aliphatic heterocycles. The van der Waals surface area contributed by atoms with Gasteiger partial charge in [0, 0.05) is 49.4 Å². The molecule has 0 aliphatic carbocycles. The third kappa shape index (κ3) is 5.22. The van der Waals surface area contributed by atoms with Gasteiger partial charge in [0.2, 0.25) is 0 Å². The fourth-order valence-corrected chi connectivity index (χ4v) is 8.22. The topological polar surface area (TPSA) is 35.6 Å². The van der Waals surface area contributed by atoms with E-state index in [0.717, 1.165) is 39.2 Å². The van der Waals surface area contributed by atoms with E-state index in [4.69, 9.17) is 9.97 Å². The van der Waals surface area contributed by atoms with Crippen LogP contribution in [0, 0.1) is 0 Å². The molecule has 0 saturated carbocycles. The van der Waals surface area contributed by atoms with Crippen molar-refractivity contribution < 1.29 is 0 Å². The van der Waals surface area contributed by atoms with Gasteiger partial charge in [-0.3, -0.25) is 0 Å².